The summed E-state index contributed by atoms with van der Waals surface area (Å²) in [6, 6.07) is 10.1. The third kappa shape index (κ3) is 5.53. The Kier molecular flexibility index (Phi) is 6.72. The second-order valence-electron chi connectivity index (χ2n) is 5.30. The molecule has 19 heavy (non-hydrogen) atoms. The summed E-state index contributed by atoms with van der Waals surface area (Å²) in [5, 5.41) is 1.14. The van der Waals surface area contributed by atoms with E-state index in [0.717, 1.165) is 30.0 Å². The Balaban J connectivity index is 1.60. The topological polar surface area (TPSA) is 12.5 Å². The molecule has 0 aromatic heterocycles. The van der Waals surface area contributed by atoms with Crippen LogP contribution in [0.5, 0.6) is 5.75 Å². The van der Waals surface area contributed by atoms with Crippen molar-refractivity contribution in [2.24, 2.45) is 5.92 Å². The highest BCUT2D eigenvalue weighted by Gasteiger charge is 2.18. The summed E-state index contributed by atoms with van der Waals surface area (Å²) < 4.78 is 5.74. The van der Waals surface area contributed by atoms with Crippen LogP contribution >= 0.6 is 15.9 Å². The molecule has 106 valence electrons. The fourth-order valence-electron chi connectivity index (χ4n) is 2.74. The van der Waals surface area contributed by atoms with Gasteiger partial charge in [0.15, 0.2) is 0 Å². The average molecular weight is 326 g/mol. The number of benzene rings is 1. The van der Waals surface area contributed by atoms with Crippen molar-refractivity contribution in [3.8, 4) is 5.75 Å². The second kappa shape index (κ2) is 8.60. The second-order valence-corrected chi connectivity index (χ2v) is 6.09. The summed E-state index contributed by atoms with van der Waals surface area (Å²) in [6.45, 7) is 4.54. The zero-order valence-electron chi connectivity index (χ0n) is 11.6. The lowest BCUT2D eigenvalue weighted by molar-refractivity contribution is 0.160. The maximum Gasteiger partial charge on any atom is 0.119 e. The van der Waals surface area contributed by atoms with Gasteiger partial charge in [-0.25, -0.2) is 0 Å². The number of hydrogen-bond donors (Lipinski definition) is 0. The van der Waals surface area contributed by atoms with E-state index in [1.165, 1.54) is 38.9 Å². The lowest BCUT2D eigenvalue weighted by Gasteiger charge is -2.32. The molecule has 1 aromatic rings. The van der Waals surface area contributed by atoms with Crippen LogP contribution in [0.2, 0.25) is 0 Å². The molecule has 0 aliphatic carbocycles. The van der Waals surface area contributed by atoms with Crippen LogP contribution in [0, 0.1) is 5.92 Å². The number of likely N-dealkylation sites (tertiary alicyclic amines) is 1. The monoisotopic (exact) mass is 325 g/mol. The van der Waals surface area contributed by atoms with Crippen LogP contribution in [-0.4, -0.2) is 36.5 Å². The van der Waals surface area contributed by atoms with E-state index in [0.29, 0.717) is 0 Å². The highest BCUT2D eigenvalue weighted by atomic mass is 79.9. The third-order valence-electron chi connectivity index (χ3n) is 3.75. The molecule has 1 fully saturated rings. The first kappa shape index (κ1) is 14.9. The molecule has 0 radical (unpaired) electrons. The van der Waals surface area contributed by atoms with Crippen LogP contribution in [0.1, 0.15) is 25.7 Å². The number of rotatable bonds is 7. The number of para-hydroxylation sites is 1. The molecule has 1 atom stereocenters. The number of halogens is 1. The Bertz CT molecular complexity index is 342. The number of nitrogens with zero attached hydrogens (tertiary/aromatic N) is 1. The van der Waals surface area contributed by atoms with Crippen LogP contribution < -0.4 is 4.74 Å². The zero-order valence-corrected chi connectivity index (χ0v) is 13.1. The lowest BCUT2D eigenvalue weighted by atomic mass is 9.95. The molecule has 1 aromatic carbocycles. The van der Waals surface area contributed by atoms with Gasteiger partial charge in [-0.3, -0.25) is 0 Å². The lowest BCUT2D eigenvalue weighted by Crippen LogP contribution is -2.36. The maximum absolute atomic E-state index is 5.74. The van der Waals surface area contributed by atoms with Gasteiger partial charge in [0.1, 0.15) is 5.75 Å². The quantitative estimate of drug-likeness (QED) is 0.556. The molecule has 0 saturated carbocycles. The number of piperidine rings is 1. The SMILES string of the molecule is BrCCC1CCCN(CCCOc2ccccc2)C1. The first-order valence-electron chi connectivity index (χ1n) is 7.34. The third-order valence-corrected chi connectivity index (χ3v) is 4.21. The van der Waals surface area contributed by atoms with Gasteiger partial charge >= 0.3 is 0 Å². The van der Waals surface area contributed by atoms with Gasteiger partial charge < -0.3 is 9.64 Å². The minimum atomic E-state index is 0.823. The summed E-state index contributed by atoms with van der Waals surface area (Å²) in [6.07, 6.45) is 5.20. The highest BCUT2D eigenvalue weighted by molar-refractivity contribution is 9.09. The number of ether oxygens (including phenoxy) is 1. The van der Waals surface area contributed by atoms with Crippen molar-refractivity contribution in [3.05, 3.63) is 30.3 Å². The molecule has 1 aliphatic heterocycles. The minimum Gasteiger partial charge on any atom is -0.494 e. The van der Waals surface area contributed by atoms with E-state index in [1.54, 1.807) is 0 Å². The zero-order chi connectivity index (χ0) is 13.3. The van der Waals surface area contributed by atoms with E-state index in [1.807, 2.05) is 30.3 Å². The van der Waals surface area contributed by atoms with Crippen LogP contribution in [0.15, 0.2) is 30.3 Å². The van der Waals surface area contributed by atoms with Gasteiger partial charge in [-0.15, -0.1) is 0 Å². The van der Waals surface area contributed by atoms with Crippen LogP contribution in [0.3, 0.4) is 0 Å². The van der Waals surface area contributed by atoms with Gasteiger partial charge in [-0.05, 0) is 50.3 Å². The van der Waals surface area contributed by atoms with E-state index < -0.39 is 0 Å². The van der Waals surface area contributed by atoms with Crippen molar-refractivity contribution in [2.75, 3.05) is 31.6 Å². The smallest absolute Gasteiger partial charge is 0.119 e. The van der Waals surface area contributed by atoms with Crippen molar-refractivity contribution in [2.45, 2.75) is 25.7 Å². The van der Waals surface area contributed by atoms with Gasteiger partial charge in [0.25, 0.3) is 0 Å². The van der Waals surface area contributed by atoms with Crippen LogP contribution in [-0.2, 0) is 0 Å². The molecule has 2 rings (SSSR count). The van der Waals surface area contributed by atoms with Crippen LogP contribution in [0.25, 0.3) is 0 Å². The molecule has 0 N–H and O–H groups in total. The van der Waals surface area contributed by atoms with E-state index in [-0.39, 0.29) is 0 Å². The Labute approximate surface area is 125 Å². The van der Waals surface area contributed by atoms with Gasteiger partial charge in [-0.2, -0.15) is 0 Å². The summed E-state index contributed by atoms with van der Waals surface area (Å²) >= 11 is 3.56. The Hall–Kier alpha value is -0.540. The highest BCUT2D eigenvalue weighted by Crippen LogP contribution is 2.20. The molecule has 1 unspecified atom stereocenters. The molecule has 1 aliphatic rings. The molecule has 0 bridgehead atoms. The molecule has 2 nitrogen and oxygen atoms in total. The standard InChI is InChI=1S/C16H24BrNO/c17-10-9-15-6-4-11-18(14-15)12-5-13-19-16-7-2-1-3-8-16/h1-3,7-8,15H,4-6,9-14H2. The summed E-state index contributed by atoms with van der Waals surface area (Å²) in [5.74, 6) is 1.88. The van der Waals surface area contributed by atoms with Gasteiger partial charge in [0.05, 0.1) is 6.61 Å². The van der Waals surface area contributed by atoms with E-state index in [4.69, 9.17) is 4.74 Å². The Morgan fingerprint density at radius 1 is 1.26 bits per heavy atom. The largest absolute Gasteiger partial charge is 0.494 e. The van der Waals surface area contributed by atoms with Crippen molar-refractivity contribution in [1.29, 1.82) is 0 Å². The van der Waals surface area contributed by atoms with Crippen LogP contribution in [0.4, 0.5) is 0 Å². The number of hydrogen-bond acceptors (Lipinski definition) is 2. The molecular formula is C16H24BrNO. The van der Waals surface area contributed by atoms with Gasteiger partial charge in [0.2, 0.25) is 0 Å². The van der Waals surface area contributed by atoms with E-state index in [2.05, 4.69) is 20.8 Å². The van der Waals surface area contributed by atoms with Gasteiger partial charge in [-0.1, -0.05) is 34.1 Å². The minimum absolute atomic E-state index is 0.823. The Morgan fingerprint density at radius 3 is 2.89 bits per heavy atom. The molecule has 3 heteroatoms. The van der Waals surface area contributed by atoms with Crippen molar-refractivity contribution < 1.29 is 4.74 Å². The van der Waals surface area contributed by atoms with Crippen molar-refractivity contribution in [3.63, 3.8) is 0 Å². The van der Waals surface area contributed by atoms with Crippen molar-refractivity contribution >= 4 is 15.9 Å². The van der Waals surface area contributed by atoms with Gasteiger partial charge in [0, 0.05) is 18.4 Å². The summed E-state index contributed by atoms with van der Waals surface area (Å²) in [7, 11) is 0. The fourth-order valence-corrected chi connectivity index (χ4v) is 3.39. The maximum atomic E-state index is 5.74. The predicted octanol–water partition coefficient (Wildman–Crippen LogP) is 3.95. The molecule has 0 spiro atoms. The average Bonchev–Trinajstić information content (AvgIpc) is 2.46. The van der Waals surface area contributed by atoms with E-state index >= 15 is 0 Å². The predicted molar refractivity (Wildman–Crippen MR) is 84.1 cm³/mol. The van der Waals surface area contributed by atoms with E-state index in [9.17, 15) is 0 Å². The first-order valence-corrected chi connectivity index (χ1v) is 8.47. The summed E-state index contributed by atoms with van der Waals surface area (Å²) in [4.78, 5) is 2.60. The molecular weight excluding hydrogens is 302 g/mol. The summed E-state index contributed by atoms with van der Waals surface area (Å²) in [5.41, 5.74) is 0. The normalized spacial score (nSPS) is 20.4. The molecule has 0 amide bonds. The fraction of sp³-hybridized carbons (Fsp3) is 0.625. The first-order chi connectivity index (χ1) is 9.38. The van der Waals surface area contributed by atoms with Crippen molar-refractivity contribution in [1.82, 2.24) is 4.90 Å². The molecule has 1 heterocycles. The molecule has 1 saturated heterocycles. The number of alkyl halides is 1. The Morgan fingerprint density at radius 2 is 2.11 bits per heavy atom.